The first-order valence-corrected chi connectivity index (χ1v) is 11.7. The first-order chi connectivity index (χ1) is 15.2. The van der Waals surface area contributed by atoms with E-state index in [1.54, 1.807) is 45.0 Å². The monoisotopic (exact) mass is 474 g/mol. The molecule has 10 heteroatoms. The second-order valence-corrected chi connectivity index (χ2v) is 9.12. The van der Waals surface area contributed by atoms with Gasteiger partial charge in [0.2, 0.25) is 10.0 Å². The molecule has 0 spiro atoms. The number of aryl methyl sites for hydroxylation is 1. The first kappa shape index (κ1) is 23.6. The minimum atomic E-state index is -3.74. The Bertz CT molecular complexity index is 1210. The highest BCUT2D eigenvalue weighted by Gasteiger charge is 2.24. The SMILES string of the molecule is CCN(CC)S(=O)(=O)c1ccc(Oc2ccc(Cl)cc2)c(NC(=O)c2ccnc(C)n2)c1. The van der Waals surface area contributed by atoms with E-state index in [1.807, 2.05) is 0 Å². The topological polar surface area (TPSA) is 101 Å². The standard InChI is InChI=1S/C22H23ClN4O4S/c1-4-27(5-2)32(29,30)18-10-11-21(31-17-8-6-16(23)7-9-17)20(14-18)26-22(28)19-12-13-24-15(3)25-19/h6-14H,4-5H2,1-3H3,(H,26,28). The molecule has 32 heavy (non-hydrogen) atoms. The molecule has 0 unspecified atom stereocenters. The zero-order valence-corrected chi connectivity index (χ0v) is 19.4. The van der Waals surface area contributed by atoms with E-state index in [1.165, 1.54) is 34.8 Å². The highest BCUT2D eigenvalue weighted by molar-refractivity contribution is 7.89. The van der Waals surface area contributed by atoms with E-state index in [9.17, 15) is 13.2 Å². The number of hydrogen-bond acceptors (Lipinski definition) is 6. The van der Waals surface area contributed by atoms with Crippen LogP contribution in [0.5, 0.6) is 11.5 Å². The third-order valence-electron chi connectivity index (χ3n) is 4.59. The Balaban J connectivity index is 2.02. The van der Waals surface area contributed by atoms with Gasteiger partial charge in [0, 0.05) is 24.3 Å². The molecule has 1 amide bonds. The Labute approximate surface area is 192 Å². The summed E-state index contributed by atoms with van der Waals surface area (Å²) in [5, 5.41) is 3.26. The normalized spacial score (nSPS) is 11.4. The third kappa shape index (κ3) is 5.42. The van der Waals surface area contributed by atoms with Crippen LogP contribution >= 0.6 is 11.6 Å². The second kappa shape index (κ2) is 10.1. The number of aromatic nitrogens is 2. The molecule has 0 aliphatic heterocycles. The van der Waals surface area contributed by atoms with Crippen LogP contribution in [-0.4, -0.2) is 41.7 Å². The third-order valence-corrected chi connectivity index (χ3v) is 6.89. The molecular formula is C22H23ClN4O4S. The highest BCUT2D eigenvalue weighted by atomic mass is 35.5. The van der Waals surface area contributed by atoms with Crippen LogP contribution in [0.15, 0.2) is 59.6 Å². The van der Waals surface area contributed by atoms with E-state index >= 15 is 0 Å². The Morgan fingerprint density at radius 1 is 1.09 bits per heavy atom. The largest absolute Gasteiger partial charge is 0.455 e. The summed E-state index contributed by atoms with van der Waals surface area (Å²) in [5.41, 5.74) is 0.335. The van der Waals surface area contributed by atoms with Gasteiger partial charge in [0.05, 0.1) is 10.6 Å². The van der Waals surface area contributed by atoms with Crippen molar-refractivity contribution >= 4 is 33.2 Å². The van der Waals surface area contributed by atoms with Crippen LogP contribution in [0.25, 0.3) is 0 Å². The van der Waals surface area contributed by atoms with Gasteiger partial charge in [-0.05, 0) is 55.5 Å². The van der Waals surface area contributed by atoms with E-state index in [0.29, 0.717) is 29.7 Å². The van der Waals surface area contributed by atoms with Gasteiger partial charge in [0.25, 0.3) is 5.91 Å². The fraction of sp³-hybridized carbons (Fsp3) is 0.227. The van der Waals surface area contributed by atoms with Crippen molar-refractivity contribution < 1.29 is 17.9 Å². The van der Waals surface area contributed by atoms with Gasteiger partial charge < -0.3 is 10.1 Å². The minimum absolute atomic E-state index is 0.0406. The van der Waals surface area contributed by atoms with Gasteiger partial charge in [-0.15, -0.1) is 0 Å². The molecule has 0 radical (unpaired) electrons. The molecule has 2 aromatic carbocycles. The fourth-order valence-corrected chi connectivity index (χ4v) is 4.58. The van der Waals surface area contributed by atoms with Crippen molar-refractivity contribution in [1.29, 1.82) is 0 Å². The van der Waals surface area contributed by atoms with Crippen molar-refractivity contribution in [3.63, 3.8) is 0 Å². The van der Waals surface area contributed by atoms with Crippen molar-refractivity contribution in [3.8, 4) is 11.5 Å². The van der Waals surface area contributed by atoms with Crippen molar-refractivity contribution in [2.45, 2.75) is 25.7 Å². The van der Waals surface area contributed by atoms with Gasteiger partial charge in [0.15, 0.2) is 5.75 Å². The summed E-state index contributed by atoms with van der Waals surface area (Å²) in [5.74, 6) is 0.661. The van der Waals surface area contributed by atoms with Gasteiger partial charge in [0.1, 0.15) is 17.3 Å². The van der Waals surface area contributed by atoms with Crippen LogP contribution in [0.1, 0.15) is 30.2 Å². The maximum Gasteiger partial charge on any atom is 0.274 e. The van der Waals surface area contributed by atoms with Crippen LogP contribution in [0.3, 0.4) is 0 Å². The number of ether oxygens (including phenoxy) is 1. The Kier molecular flexibility index (Phi) is 7.44. The summed E-state index contributed by atoms with van der Waals surface area (Å²) in [6, 6.07) is 12.5. The molecule has 0 fully saturated rings. The smallest absolute Gasteiger partial charge is 0.274 e. The van der Waals surface area contributed by atoms with Crippen LogP contribution in [0, 0.1) is 6.92 Å². The molecule has 0 saturated heterocycles. The molecule has 0 aliphatic carbocycles. The van der Waals surface area contributed by atoms with E-state index in [-0.39, 0.29) is 22.0 Å². The summed E-state index contributed by atoms with van der Waals surface area (Å²) < 4.78 is 33.2. The molecule has 0 aliphatic rings. The summed E-state index contributed by atoms with van der Waals surface area (Å²) in [6.07, 6.45) is 1.48. The van der Waals surface area contributed by atoms with Crippen molar-refractivity contribution in [2.24, 2.45) is 0 Å². The number of nitrogens with one attached hydrogen (secondary N) is 1. The number of rotatable bonds is 8. The Hall–Kier alpha value is -3.01. The van der Waals surface area contributed by atoms with Gasteiger partial charge >= 0.3 is 0 Å². The summed E-state index contributed by atoms with van der Waals surface area (Å²) in [4.78, 5) is 20.9. The molecule has 3 rings (SSSR count). The zero-order valence-electron chi connectivity index (χ0n) is 17.9. The van der Waals surface area contributed by atoms with Crippen molar-refractivity contribution in [1.82, 2.24) is 14.3 Å². The van der Waals surface area contributed by atoms with Crippen LogP contribution in [-0.2, 0) is 10.0 Å². The number of carbonyl (C=O) groups excluding carboxylic acids is 1. The van der Waals surface area contributed by atoms with E-state index in [0.717, 1.165) is 0 Å². The number of benzene rings is 2. The number of anilines is 1. The molecule has 1 heterocycles. The first-order valence-electron chi connectivity index (χ1n) is 9.93. The molecule has 8 nitrogen and oxygen atoms in total. The summed E-state index contributed by atoms with van der Waals surface area (Å²) >= 11 is 5.93. The number of hydrogen-bond donors (Lipinski definition) is 1. The number of nitrogens with zero attached hydrogens (tertiary/aromatic N) is 3. The Morgan fingerprint density at radius 3 is 2.41 bits per heavy atom. The quantitative estimate of drug-likeness (QED) is 0.515. The average Bonchev–Trinajstić information content (AvgIpc) is 2.77. The predicted octanol–water partition coefficient (Wildman–Crippen LogP) is 4.51. The zero-order chi connectivity index (χ0) is 23.3. The summed E-state index contributed by atoms with van der Waals surface area (Å²) in [7, 11) is -3.74. The molecular weight excluding hydrogens is 452 g/mol. The molecule has 0 saturated carbocycles. The number of sulfonamides is 1. The van der Waals surface area contributed by atoms with Gasteiger partial charge in [-0.3, -0.25) is 4.79 Å². The molecule has 0 bridgehead atoms. The molecule has 0 atom stereocenters. The minimum Gasteiger partial charge on any atom is -0.455 e. The van der Waals surface area contributed by atoms with E-state index in [2.05, 4.69) is 15.3 Å². The van der Waals surface area contributed by atoms with Crippen LogP contribution < -0.4 is 10.1 Å². The van der Waals surface area contributed by atoms with Crippen LogP contribution in [0.4, 0.5) is 5.69 Å². The molecule has 1 aromatic heterocycles. The van der Waals surface area contributed by atoms with Crippen LogP contribution in [0.2, 0.25) is 5.02 Å². The van der Waals surface area contributed by atoms with E-state index in [4.69, 9.17) is 16.3 Å². The lowest BCUT2D eigenvalue weighted by Crippen LogP contribution is -2.30. The maximum atomic E-state index is 13.0. The number of amides is 1. The maximum absolute atomic E-state index is 13.0. The fourth-order valence-electron chi connectivity index (χ4n) is 2.97. The predicted molar refractivity (Wildman–Crippen MR) is 123 cm³/mol. The van der Waals surface area contributed by atoms with Gasteiger partial charge in [-0.2, -0.15) is 4.31 Å². The lowest BCUT2D eigenvalue weighted by Gasteiger charge is -2.20. The summed E-state index contributed by atoms with van der Waals surface area (Å²) in [6.45, 7) is 5.84. The Morgan fingerprint density at radius 2 is 1.78 bits per heavy atom. The second-order valence-electron chi connectivity index (χ2n) is 6.75. The number of carbonyl (C=O) groups is 1. The lowest BCUT2D eigenvalue weighted by molar-refractivity contribution is 0.102. The van der Waals surface area contributed by atoms with Gasteiger partial charge in [-0.1, -0.05) is 25.4 Å². The molecule has 168 valence electrons. The molecule has 1 N–H and O–H groups in total. The molecule has 3 aromatic rings. The van der Waals surface area contributed by atoms with Crippen molar-refractivity contribution in [2.75, 3.05) is 18.4 Å². The number of halogens is 1. The highest BCUT2D eigenvalue weighted by Crippen LogP contribution is 2.33. The van der Waals surface area contributed by atoms with E-state index < -0.39 is 15.9 Å². The van der Waals surface area contributed by atoms with Crippen molar-refractivity contribution in [3.05, 3.63) is 71.3 Å². The van der Waals surface area contributed by atoms with Gasteiger partial charge in [-0.25, -0.2) is 18.4 Å². The lowest BCUT2D eigenvalue weighted by atomic mass is 10.2. The average molecular weight is 475 g/mol.